The highest BCUT2D eigenvalue weighted by Gasteiger charge is 2.26. The second kappa shape index (κ2) is 7.04. The monoisotopic (exact) mass is 276 g/mol. The molecule has 20 heavy (non-hydrogen) atoms. The van der Waals surface area contributed by atoms with Crippen LogP contribution in [0, 0.1) is 0 Å². The lowest BCUT2D eigenvalue weighted by Gasteiger charge is -2.30. The predicted molar refractivity (Wildman–Crippen MR) is 85.1 cm³/mol. The molecule has 2 rings (SSSR count). The molecule has 4 heteroatoms. The average molecular weight is 276 g/mol. The molecule has 1 aromatic rings. The van der Waals surface area contributed by atoms with Crippen LogP contribution >= 0.6 is 0 Å². The molecule has 1 unspecified atom stereocenters. The van der Waals surface area contributed by atoms with Crippen molar-refractivity contribution in [2.45, 2.75) is 45.3 Å². The molecule has 1 aliphatic rings. The van der Waals surface area contributed by atoms with E-state index < -0.39 is 0 Å². The molecule has 1 N–H and O–H groups in total. The Morgan fingerprint density at radius 3 is 2.95 bits per heavy atom. The maximum atomic E-state index is 4.35. The highest BCUT2D eigenvalue weighted by Crippen LogP contribution is 2.28. The van der Waals surface area contributed by atoms with Crippen LogP contribution in [0.15, 0.2) is 18.5 Å². The second-order valence-electron chi connectivity index (χ2n) is 6.29. The van der Waals surface area contributed by atoms with Gasteiger partial charge in [-0.15, -0.1) is 0 Å². The minimum atomic E-state index is 0.507. The number of hydrogen-bond acceptors (Lipinski definition) is 4. The number of anilines is 1. The van der Waals surface area contributed by atoms with E-state index in [0.29, 0.717) is 12.1 Å². The van der Waals surface area contributed by atoms with E-state index in [2.05, 4.69) is 54.1 Å². The Bertz CT molecular complexity index is 417. The van der Waals surface area contributed by atoms with Crippen molar-refractivity contribution in [1.29, 1.82) is 0 Å². The summed E-state index contributed by atoms with van der Waals surface area (Å²) in [5, 5.41) is 3.52. The molecule has 4 nitrogen and oxygen atoms in total. The van der Waals surface area contributed by atoms with Crippen LogP contribution in [0.25, 0.3) is 0 Å². The van der Waals surface area contributed by atoms with Crippen molar-refractivity contribution in [3.63, 3.8) is 0 Å². The number of nitrogens with zero attached hydrogens (tertiary/aromatic N) is 3. The highest BCUT2D eigenvalue weighted by atomic mass is 15.2. The topological polar surface area (TPSA) is 31.4 Å². The third-order valence-corrected chi connectivity index (χ3v) is 3.85. The number of pyridine rings is 1. The minimum absolute atomic E-state index is 0.507. The first-order valence-corrected chi connectivity index (χ1v) is 7.65. The van der Waals surface area contributed by atoms with Crippen LogP contribution in [0.4, 0.5) is 5.69 Å². The molecule has 0 amide bonds. The van der Waals surface area contributed by atoms with Crippen molar-refractivity contribution in [3.05, 3.63) is 24.0 Å². The summed E-state index contributed by atoms with van der Waals surface area (Å²) < 4.78 is 0. The fraction of sp³-hybridized carbons (Fsp3) is 0.688. The molecule has 0 aliphatic carbocycles. The van der Waals surface area contributed by atoms with Crippen LogP contribution in [0.2, 0.25) is 0 Å². The van der Waals surface area contributed by atoms with Gasteiger partial charge in [-0.05, 0) is 38.6 Å². The molecular formula is C16H28N4. The molecule has 112 valence electrons. The zero-order valence-corrected chi connectivity index (χ0v) is 13.3. The van der Waals surface area contributed by atoms with E-state index in [1.54, 1.807) is 0 Å². The molecule has 1 fully saturated rings. The summed E-state index contributed by atoms with van der Waals surface area (Å²) in [6.07, 6.45) is 6.50. The van der Waals surface area contributed by atoms with E-state index in [0.717, 1.165) is 19.6 Å². The van der Waals surface area contributed by atoms with Crippen LogP contribution in [-0.2, 0) is 6.54 Å². The van der Waals surface area contributed by atoms with E-state index in [4.69, 9.17) is 0 Å². The van der Waals surface area contributed by atoms with E-state index in [-0.39, 0.29) is 0 Å². The first-order valence-electron chi connectivity index (χ1n) is 7.65. The first kappa shape index (κ1) is 15.3. The van der Waals surface area contributed by atoms with Gasteiger partial charge in [-0.25, -0.2) is 0 Å². The lowest BCUT2D eigenvalue weighted by atomic mass is 10.1. The molecule has 0 radical (unpaired) electrons. The SMILES string of the molecule is CC(C)NCc1ccncc1N1CCCC1CN(C)C. The van der Waals surface area contributed by atoms with Gasteiger partial charge in [0.1, 0.15) is 0 Å². The van der Waals surface area contributed by atoms with E-state index in [1.165, 1.54) is 24.1 Å². The fourth-order valence-corrected chi connectivity index (χ4v) is 2.90. The minimum Gasteiger partial charge on any atom is -0.366 e. The van der Waals surface area contributed by atoms with Crippen molar-refractivity contribution in [2.24, 2.45) is 0 Å². The van der Waals surface area contributed by atoms with Crippen LogP contribution < -0.4 is 10.2 Å². The third-order valence-electron chi connectivity index (χ3n) is 3.85. The molecule has 2 heterocycles. The average Bonchev–Trinajstić information content (AvgIpc) is 2.83. The Morgan fingerprint density at radius 1 is 1.45 bits per heavy atom. The molecule has 1 aromatic heterocycles. The zero-order chi connectivity index (χ0) is 14.5. The number of aromatic nitrogens is 1. The first-order chi connectivity index (χ1) is 9.58. The van der Waals surface area contributed by atoms with E-state index in [1.807, 2.05) is 12.4 Å². The van der Waals surface area contributed by atoms with Gasteiger partial charge in [0.15, 0.2) is 0 Å². The molecule has 1 saturated heterocycles. The Kier molecular flexibility index (Phi) is 5.38. The Labute approximate surface area is 123 Å². The molecule has 0 bridgehead atoms. The Morgan fingerprint density at radius 2 is 2.25 bits per heavy atom. The number of hydrogen-bond donors (Lipinski definition) is 1. The molecular weight excluding hydrogens is 248 g/mol. The van der Waals surface area contributed by atoms with Crippen LogP contribution in [0.1, 0.15) is 32.3 Å². The van der Waals surface area contributed by atoms with Crippen molar-refractivity contribution in [3.8, 4) is 0 Å². The second-order valence-corrected chi connectivity index (χ2v) is 6.29. The summed E-state index contributed by atoms with van der Waals surface area (Å²) in [6, 6.07) is 3.27. The highest BCUT2D eigenvalue weighted by molar-refractivity contribution is 5.53. The maximum absolute atomic E-state index is 4.35. The standard InChI is InChI=1S/C16H28N4/c1-13(2)18-10-14-7-8-17-11-16(14)20-9-5-6-15(20)12-19(3)4/h7-8,11,13,15,18H,5-6,9-10,12H2,1-4H3. The number of nitrogens with one attached hydrogen (secondary N) is 1. The van der Waals surface area contributed by atoms with Crippen molar-refractivity contribution in [2.75, 3.05) is 32.1 Å². The summed E-state index contributed by atoms with van der Waals surface area (Å²) in [5.41, 5.74) is 2.67. The smallest absolute Gasteiger partial charge is 0.0601 e. The molecule has 1 aliphatic heterocycles. The van der Waals surface area contributed by atoms with Gasteiger partial charge in [0.2, 0.25) is 0 Å². The Balaban J connectivity index is 2.14. The normalized spacial score (nSPS) is 19.3. The largest absolute Gasteiger partial charge is 0.366 e. The summed E-state index contributed by atoms with van der Waals surface area (Å²) in [7, 11) is 4.31. The van der Waals surface area contributed by atoms with Crippen molar-refractivity contribution < 1.29 is 0 Å². The van der Waals surface area contributed by atoms with Crippen molar-refractivity contribution >= 4 is 5.69 Å². The van der Waals surface area contributed by atoms with Gasteiger partial charge < -0.3 is 15.1 Å². The van der Waals surface area contributed by atoms with Gasteiger partial charge in [-0.1, -0.05) is 13.8 Å². The van der Waals surface area contributed by atoms with Crippen LogP contribution in [0.5, 0.6) is 0 Å². The predicted octanol–water partition coefficient (Wildman–Crippen LogP) is 2.11. The van der Waals surface area contributed by atoms with E-state index in [9.17, 15) is 0 Å². The molecule has 0 spiro atoms. The summed E-state index contributed by atoms with van der Waals surface area (Å²) in [5.74, 6) is 0. The maximum Gasteiger partial charge on any atom is 0.0601 e. The lowest BCUT2D eigenvalue weighted by molar-refractivity contribution is 0.372. The summed E-state index contributed by atoms with van der Waals surface area (Å²) in [6.45, 7) is 7.56. The molecule has 1 atom stereocenters. The van der Waals surface area contributed by atoms with Gasteiger partial charge in [-0.3, -0.25) is 4.98 Å². The van der Waals surface area contributed by atoms with Gasteiger partial charge in [0, 0.05) is 37.9 Å². The van der Waals surface area contributed by atoms with Gasteiger partial charge in [0.25, 0.3) is 0 Å². The van der Waals surface area contributed by atoms with Crippen molar-refractivity contribution in [1.82, 2.24) is 15.2 Å². The van der Waals surface area contributed by atoms with Crippen LogP contribution in [-0.4, -0.2) is 49.2 Å². The van der Waals surface area contributed by atoms with Crippen LogP contribution in [0.3, 0.4) is 0 Å². The molecule has 0 aromatic carbocycles. The Hall–Kier alpha value is -1.13. The number of likely N-dealkylation sites (N-methyl/N-ethyl adjacent to an activating group) is 1. The summed E-state index contributed by atoms with van der Waals surface area (Å²) >= 11 is 0. The molecule has 0 saturated carbocycles. The van der Waals surface area contributed by atoms with E-state index >= 15 is 0 Å². The number of rotatable bonds is 6. The van der Waals surface area contributed by atoms with Gasteiger partial charge >= 0.3 is 0 Å². The summed E-state index contributed by atoms with van der Waals surface area (Å²) in [4.78, 5) is 9.18. The van der Waals surface area contributed by atoms with Gasteiger partial charge in [-0.2, -0.15) is 0 Å². The van der Waals surface area contributed by atoms with Gasteiger partial charge in [0.05, 0.1) is 11.9 Å². The lowest BCUT2D eigenvalue weighted by Crippen LogP contribution is -2.38. The fourth-order valence-electron chi connectivity index (χ4n) is 2.90. The zero-order valence-electron chi connectivity index (χ0n) is 13.3. The third kappa shape index (κ3) is 3.93. The quantitative estimate of drug-likeness (QED) is 0.862.